The lowest BCUT2D eigenvalue weighted by atomic mass is 9.90. The molecule has 0 atom stereocenters. The lowest BCUT2D eigenvalue weighted by Gasteiger charge is -2.32. The Morgan fingerprint density at radius 1 is 1.29 bits per heavy atom. The zero-order chi connectivity index (χ0) is 15.2. The molecule has 21 heavy (non-hydrogen) atoms. The van der Waals surface area contributed by atoms with Gasteiger partial charge >= 0.3 is 6.09 Å². The molecule has 1 aliphatic heterocycles. The van der Waals surface area contributed by atoms with Gasteiger partial charge in [-0.05, 0) is 49.7 Å². The van der Waals surface area contributed by atoms with Crippen LogP contribution in [0.2, 0.25) is 0 Å². The van der Waals surface area contributed by atoms with Gasteiger partial charge in [0.25, 0.3) is 0 Å². The molecule has 5 heteroatoms. The number of hydrogen-bond donors (Lipinski definition) is 1. The van der Waals surface area contributed by atoms with Gasteiger partial charge in [0, 0.05) is 18.3 Å². The van der Waals surface area contributed by atoms with E-state index in [4.69, 9.17) is 10.00 Å². The number of ether oxygens (including phenoxy) is 1. The minimum absolute atomic E-state index is 0.439. The van der Waals surface area contributed by atoms with Gasteiger partial charge < -0.3 is 14.6 Å². The molecule has 1 aromatic heterocycles. The Bertz CT molecular complexity index is 781. The topological polar surface area (TPSA) is 67.0 Å². The van der Waals surface area contributed by atoms with Crippen molar-refractivity contribution in [3.05, 3.63) is 41.6 Å². The number of rotatable bonds is 1. The molecule has 3 rings (SSSR count). The fourth-order valence-corrected chi connectivity index (χ4v) is 2.63. The van der Waals surface area contributed by atoms with Gasteiger partial charge in [-0.25, -0.2) is 4.79 Å². The van der Waals surface area contributed by atoms with Crippen molar-refractivity contribution in [2.45, 2.75) is 19.4 Å². The zero-order valence-electron chi connectivity index (χ0n) is 12.1. The average molecular weight is 281 g/mol. The second kappa shape index (κ2) is 4.38. The summed E-state index contributed by atoms with van der Waals surface area (Å²) in [6, 6.07) is 11.5. The molecule has 1 aromatic carbocycles. The Balaban J connectivity index is 2.14. The van der Waals surface area contributed by atoms with E-state index in [9.17, 15) is 4.79 Å². The van der Waals surface area contributed by atoms with E-state index in [2.05, 4.69) is 11.4 Å². The Morgan fingerprint density at radius 3 is 2.71 bits per heavy atom. The number of aromatic nitrogens is 1. The van der Waals surface area contributed by atoms with Gasteiger partial charge in [-0.15, -0.1) is 0 Å². The highest BCUT2D eigenvalue weighted by molar-refractivity contribution is 5.76. The third-order valence-electron chi connectivity index (χ3n) is 3.80. The van der Waals surface area contributed by atoms with Crippen LogP contribution in [0, 0.1) is 11.3 Å². The van der Waals surface area contributed by atoms with E-state index in [0.29, 0.717) is 11.4 Å². The van der Waals surface area contributed by atoms with Crippen LogP contribution >= 0.6 is 0 Å². The predicted molar refractivity (Wildman–Crippen MR) is 77.7 cm³/mol. The summed E-state index contributed by atoms with van der Waals surface area (Å²) < 4.78 is 7.05. The van der Waals surface area contributed by atoms with Gasteiger partial charge in [-0.1, -0.05) is 0 Å². The Labute approximate surface area is 122 Å². The average Bonchev–Trinajstić information content (AvgIpc) is 2.78. The van der Waals surface area contributed by atoms with Crippen LogP contribution < -0.4 is 10.1 Å². The minimum atomic E-state index is -0.496. The molecule has 0 bridgehead atoms. The van der Waals surface area contributed by atoms with Crippen LogP contribution in [0.1, 0.15) is 25.1 Å². The standard InChI is InChI=1S/C16H15N3O2/c1-16(2)12-8-10(4-7-14(12)21-15(20)18-16)13-6-5-11(9-17)19(13)3/h4-8H,1-3H3,(H,18,20). The van der Waals surface area contributed by atoms with Crippen LogP contribution in [-0.2, 0) is 12.6 Å². The first-order valence-corrected chi connectivity index (χ1v) is 6.63. The monoisotopic (exact) mass is 281 g/mol. The van der Waals surface area contributed by atoms with E-state index in [1.807, 2.05) is 43.7 Å². The molecule has 0 saturated carbocycles. The number of nitrogens with one attached hydrogen (secondary N) is 1. The summed E-state index contributed by atoms with van der Waals surface area (Å²) in [5.41, 5.74) is 2.95. The lowest BCUT2D eigenvalue weighted by Crippen LogP contribution is -2.46. The number of fused-ring (bicyclic) bond motifs is 1. The van der Waals surface area contributed by atoms with Crippen molar-refractivity contribution in [2.24, 2.45) is 7.05 Å². The fraction of sp³-hybridized carbons (Fsp3) is 0.250. The maximum atomic E-state index is 11.5. The van der Waals surface area contributed by atoms with Crippen LogP contribution in [0.25, 0.3) is 11.3 Å². The van der Waals surface area contributed by atoms with Gasteiger partial charge in [0.15, 0.2) is 0 Å². The summed E-state index contributed by atoms with van der Waals surface area (Å²) in [6.07, 6.45) is -0.439. The first kappa shape index (κ1) is 13.3. The van der Waals surface area contributed by atoms with E-state index >= 15 is 0 Å². The molecule has 1 amide bonds. The van der Waals surface area contributed by atoms with Gasteiger partial charge in [-0.3, -0.25) is 0 Å². The summed E-state index contributed by atoms with van der Waals surface area (Å²) in [4.78, 5) is 11.5. The number of benzene rings is 1. The predicted octanol–water partition coefficient (Wildman–Crippen LogP) is 2.90. The summed E-state index contributed by atoms with van der Waals surface area (Å²) >= 11 is 0. The number of amides is 1. The highest BCUT2D eigenvalue weighted by Crippen LogP contribution is 2.36. The van der Waals surface area contributed by atoms with Gasteiger partial charge in [0.05, 0.1) is 5.54 Å². The van der Waals surface area contributed by atoms with Crippen LogP contribution in [-0.4, -0.2) is 10.7 Å². The van der Waals surface area contributed by atoms with Crippen LogP contribution in [0.5, 0.6) is 5.75 Å². The lowest BCUT2D eigenvalue weighted by molar-refractivity contribution is 0.177. The van der Waals surface area contributed by atoms with E-state index in [0.717, 1.165) is 16.8 Å². The van der Waals surface area contributed by atoms with E-state index in [-0.39, 0.29) is 0 Å². The molecule has 1 aliphatic rings. The second-order valence-corrected chi connectivity index (χ2v) is 5.63. The molecular formula is C16H15N3O2. The Hall–Kier alpha value is -2.74. The largest absolute Gasteiger partial charge is 0.413 e. The van der Waals surface area contributed by atoms with Crippen molar-refractivity contribution in [3.8, 4) is 23.1 Å². The van der Waals surface area contributed by atoms with Crippen molar-refractivity contribution in [1.29, 1.82) is 5.26 Å². The molecule has 0 spiro atoms. The first-order chi connectivity index (χ1) is 9.92. The summed E-state index contributed by atoms with van der Waals surface area (Å²) in [6.45, 7) is 3.86. The molecule has 2 heterocycles. The van der Waals surface area contributed by atoms with Crippen molar-refractivity contribution in [1.82, 2.24) is 9.88 Å². The molecule has 0 radical (unpaired) electrons. The number of carbonyl (C=O) groups excluding carboxylic acids is 1. The molecule has 1 N–H and O–H groups in total. The van der Waals surface area contributed by atoms with Crippen molar-refractivity contribution >= 4 is 6.09 Å². The Morgan fingerprint density at radius 2 is 2.05 bits per heavy atom. The molecular weight excluding hydrogens is 266 g/mol. The van der Waals surface area contributed by atoms with Crippen molar-refractivity contribution in [3.63, 3.8) is 0 Å². The zero-order valence-corrected chi connectivity index (χ0v) is 12.1. The normalized spacial score (nSPS) is 15.6. The minimum Gasteiger partial charge on any atom is -0.410 e. The maximum absolute atomic E-state index is 11.5. The highest BCUT2D eigenvalue weighted by atomic mass is 16.6. The van der Waals surface area contributed by atoms with E-state index in [1.54, 1.807) is 12.1 Å². The smallest absolute Gasteiger partial charge is 0.410 e. The Kier molecular flexibility index (Phi) is 2.77. The third kappa shape index (κ3) is 2.05. The van der Waals surface area contributed by atoms with Crippen LogP contribution in [0.4, 0.5) is 4.79 Å². The molecule has 5 nitrogen and oxygen atoms in total. The summed E-state index contributed by atoms with van der Waals surface area (Å²) in [5, 5.41) is 11.8. The first-order valence-electron chi connectivity index (χ1n) is 6.63. The number of carbonyl (C=O) groups is 1. The summed E-state index contributed by atoms with van der Waals surface area (Å²) in [7, 11) is 1.86. The molecule has 106 valence electrons. The summed E-state index contributed by atoms with van der Waals surface area (Å²) in [5.74, 6) is 0.571. The number of nitriles is 1. The van der Waals surface area contributed by atoms with Gasteiger partial charge in [-0.2, -0.15) is 5.26 Å². The van der Waals surface area contributed by atoms with Crippen LogP contribution in [0.3, 0.4) is 0 Å². The quantitative estimate of drug-likeness (QED) is 0.874. The second-order valence-electron chi connectivity index (χ2n) is 5.63. The maximum Gasteiger partial charge on any atom is 0.413 e. The number of nitrogens with zero attached hydrogens (tertiary/aromatic N) is 2. The molecule has 0 fully saturated rings. The third-order valence-corrected chi connectivity index (χ3v) is 3.80. The molecule has 0 aliphatic carbocycles. The number of hydrogen-bond acceptors (Lipinski definition) is 3. The van der Waals surface area contributed by atoms with Crippen molar-refractivity contribution in [2.75, 3.05) is 0 Å². The molecule has 0 saturated heterocycles. The van der Waals surface area contributed by atoms with Crippen LogP contribution in [0.15, 0.2) is 30.3 Å². The van der Waals surface area contributed by atoms with E-state index in [1.165, 1.54) is 0 Å². The van der Waals surface area contributed by atoms with Crippen molar-refractivity contribution < 1.29 is 9.53 Å². The molecule has 0 unspecified atom stereocenters. The van der Waals surface area contributed by atoms with Gasteiger partial charge in [0.2, 0.25) is 0 Å². The van der Waals surface area contributed by atoms with Gasteiger partial charge in [0.1, 0.15) is 17.5 Å². The van der Waals surface area contributed by atoms with E-state index < -0.39 is 11.6 Å². The highest BCUT2D eigenvalue weighted by Gasteiger charge is 2.33. The SMILES string of the molecule is Cn1c(C#N)ccc1-c1ccc2c(c1)C(C)(C)NC(=O)O2. The fourth-order valence-electron chi connectivity index (χ4n) is 2.63. The molecule has 2 aromatic rings.